The van der Waals surface area contributed by atoms with E-state index >= 15 is 0 Å². The maximum Gasteiger partial charge on any atom is 0.256 e. The summed E-state index contributed by atoms with van der Waals surface area (Å²) in [6.07, 6.45) is 0.852. The van der Waals surface area contributed by atoms with Gasteiger partial charge in [-0.25, -0.2) is 4.59 Å². The Morgan fingerprint density at radius 3 is 2.00 bits per heavy atom. The smallest absolute Gasteiger partial charge is 0.210 e. The first-order valence-corrected chi connectivity index (χ1v) is 2.39. The number of rotatable bonds is 0. The summed E-state index contributed by atoms with van der Waals surface area (Å²) < 4.78 is 1.15. The molecule has 2 heteroatoms. The number of hydrogen-bond donors (Lipinski definition) is 1. The maximum absolute atomic E-state index is 3.26. The Bertz CT molecular complexity index is 95.7. The van der Waals surface area contributed by atoms with Gasteiger partial charge in [0.25, 0.3) is 6.17 Å². The van der Waals surface area contributed by atoms with E-state index in [1.54, 1.807) is 0 Å². The van der Waals surface area contributed by atoms with Crippen molar-refractivity contribution in [1.82, 2.24) is 5.43 Å². The summed E-state index contributed by atoms with van der Waals surface area (Å²) in [5, 5.41) is 0. The lowest BCUT2D eigenvalue weighted by molar-refractivity contribution is -0.729. The van der Waals surface area contributed by atoms with Crippen molar-refractivity contribution in [3.63, 3.8) is 0 Å². The minimum Gasteiger partial charge on any atom is -0.210 e. The number of likely N-dealkylation sites (N-methyl/N-ethyl adjacent to an activating group) is 1. The quantitative estimate of drug-likeness (QED) is 0.316. The van der Waals surface area contributed by atoms with Crippen LogP contribution in [0.3, 0.4) is 0 Å². The summed E-state index contributed by atoms with van der Waals surface area (Å²) in [5.74, 6) is 0. The second kappa shape index (κ2) is 0.453. The second-order valence-electron chi connectivity index (χ2n) is 2.46. The number of nitrogens with one attached hydrogen (secondary N) is 1. The van der Waals surface area contributed by atoms with Gasteiger partial charge in [-0.15, -0.1) is 5.43 Å². The predicted octanol–water partition coefficient (Wildman–Crippen LogP) is -0.321. The van der Waals surface area contributed by atoms with E-state index in [9.17, 15) is 0 Å². The fourth-order valence-electron chi connectivity index (χ4n) is 1.03. The van der Waals surface area contributed by atoms with Gasteiger partial charge in [0.15, 0.2) is 6.04 Å². The van der Waals surface area contributed by atoms with Gasteiger partial charge in [-0.1, -0.05) is 0 Å². The summed E-state index contributed by atoms with van der Waals surface area (Å²) in [4.78, 5) is 0. The molecule has 2 heterocycles. The topological polar surface area (TPSA) is 21.9 Å². The van der Waals surface area contributed by atoms with Gasteiger partial charge in [0.2, 0.25) is 0 Å². The Morgan fingerprint density at radius 1 is 1.67 bits per heavy atom. The third-order valence-corrected chi connectivity index (χ3v) is 2.13. The minimum atomic E-state index is 0.852. The molecule has 0 aromatic carbocycles. The van der Waals surface area contributed by atoms with Crippen molar-refractivity contribution >= 4 is 0 Å². The van der Waals surface area contributed by atoms with E-state index in [4.69, 9.17) is 0 Å². The van der Waals surface area contributed by atoms with E-state index in [1.165, 1.54) is 0 Å². The number of quaternary nitrogens is 1. The molecule has 0 aromatic rings. The summed E-state index contributed by atoms with van der Waals surface area (Å²) in [7, 11) is 2.22. The summed E-state index contributed by atoms with van der Waals surface area (Å²) in [6, 6.07) is 0.921. The number of hydrogen-bond acceptors (Lipinski definition) is 1. The normalized spacial score (nSPS) is 73.0. The van der Waals surface area contributed by atoms with E-state index in [-0.39, 0.29) is 0 Å². The molecule has 6 heavy (non-hydrogen) atoms. The van der Waals surface area contributed by atoms with Crippen LogP contribution in [0.5, 0.6) is 0 Å². The second-order valence-corrected chi connectivity index (χ2v) is 2.46. The minimum absolute atomic E-state index is 0.852. The molecule has 0 bridgehead atoms. The van der Waals surface area contributed by atoms with Gasteiger partial charge in [0.05, 0.1) is 7.05 Å². The highest BCUT2D eigenvalue weighted by Crippen LogP contribution is 2.45. The van der Waals surface area contributed by atoms with E-state index in [0.717, 1.165) is 16.8 Å². The Morgan fingerprint density at radius 2 is 2.00 bits per heavy atom. The molecule has 34 valence electrons. The van der Waals surface area contributed by atoms with E-state index in [2.05, 4.69) is 19.4 Å². The van der Waals surface area contributed by atoms with Crippen molar-refractivity contribution in [3.05, 3.63) is 0 Å². The predicted molar refractivity (Wildman–Crippen MR) is 22.6 cm³/mol. The van der Waals surface area contributed by atoms with Gasteiger partial charge in [0.1, 0.15) is 0 Å². The fourth-order valence-corrected chi connectivity index (χ4v) is 1.03. The van der Waals surface area contributed by atoms with Crippen molar-refractivity contribution in [2.24, 2.45) is 0 Å². The molecule has 1 N–H and O–H groups in total. The third-order valence-electron chi connectivity index (χ3n) is 2.13. The zero-order valence-corrected chi connectivity index (χ0v) is 4.10. The molecule has 2 saturated heterocycles. The first-order chi connectivity index (χ1) is 2.75. The highest BCUT2D eigenvalue weighted by Gasteiger charge is 2.79. The molecule has 3 atom stereocenters. The Labute approximate surface area is 37.3 Å². The Kier molecular flexibility index (Phi) is 0.226. The van der Waals surface area contributed by atoms with E-state index in [0.29, 0.717) is 0 Å². The number of fused-ring (bicyclic) bond motifs is 1. The molecular weight excluding hydrogens is 76.1 g/mol. The Balaban J connectivity index is 2.23. The van der Waals surface area contributed by atoms with Crippen LogP contribution in [0.15, 0.2) is 0 Å². The lowest BCUT2D eigenvalue weighted by Crippen LogP contribution is -2.23. The lowest BCUT2D eigenvalue weighted by Gasteiger charge is -1.92. The first kappa shape index (κ1) is 2.99. The molecule has 2 fully saturated rings. The van der Waals surface area contributed by atoms with Crippen LogP contribution in [0.2, 0.25) is 0 Å². The molecule has 0 amide bonds. The van der Waals surface area contributed by atoms with Crippen LogP contribution in [0.25, 0.3) is 0 Å². The summed E-state index contributed by atoms with van der Waals surface area (Å²) >= 11 is 0. The molecule has 2 rings (SSSR count). The van der Waals surface area contributed by atoms with Crippen molar-refractivity contribution in [2.75, 3.05) is 7.05 Å². The molecule has 2 aliphatic rings. The number of nitrogens with zero attached hydrogens (tertiary/aromatic N) is 1. The molecule has 1 unspecified atom stereocenters. The summed E-state index contributed by atoms with van der Waals surface area (Å²) in [6.45, 7) is 2.27. The summed E-state index contributed by atoms with van der Waals surface area (Å²) in [5.41, 5.74) is 3.26. The van der Waals surface area contributed by atoms with Gasteiger partial charge < -0.3 is 0 Å². The van der Waals surface area contributed by atoms with Crippen LogP contribution in [-0.4, -0.2) is 23.8 Å². The van der Waals surface area contributed by atoms with Gasteiger partial charge in [-0.3, -0.25) is 0 Å². The molecule has 0 spiro atoms. The lowest BCUT2D eigenvalue weighted by atomic mass is 10.5. The highest BCUT2D eigenvalue weighted by atomic mass is 16.0. The molecule has 0 aliphatic carbocycles. The van der Waals surface area contributed by atoms with Crippen molar-refractivity contribution in [1.29, 1.82) is 0 Å². The third kappa shape index (κ3) is 0.117. The van der Waals surface area contributed by atoms with Gasteiger partial charge in [-0.2, -0.15) is 0 Å². The molecule has 2 aliphatic heterocycles. The molecule has 0 saturated carbocycles. The van der Waals surface area contributed by atoms with Gasteiger partial charge in [-0.05, 0) is 6.92 Å². The van der Waals surface area contributed by atoms with E-state index in [1.807, 2.05) is 0 Å². The van der Waals surface area contributed by atoms with Gasteiger partial charge in [0, 0.05) is 0 Å². The van der Waals surface area contributed by atoms with Crippen molar-refractivity contribution < 1.29 is 4.59 Å². The zero-order valence-electron chi connectivity index (χ0n) is 4.10. The van der Waals surface area contributed by atoms with Crippen LogP contribution in [0.1, 0.15) is 6.92 Å². The van der Waals surface area contributed by atoms with E-state index < -0.39 is 0 Å². The zero-order chi connectivity index (χ0) is 4.36. The van der Waals surface area contributed by atoms with Crippen LogP contribution in [0.4, 0.5) is 0 Å². The largest absolute Gasteiger partial charge is 0.256 e. The van der Waals surface area contributed by atoms with Crippen LogP contribution in [-0.2, 0) is 0 Å². The van der Waals surface area contributed by atoms with Crippen molar-refractivity contribution in [3.8, 4) is 0 Å². The standard InChI is InChI=1S/C4H9N2/c1-3-4-5-6(3,4)2/h3-5H,1-2H3/q+1/t3-,4+,6?/m1/s1. The monoisotopic (exact) mass is 85.1 g/mol. The molecular formula is C4H9N2+. The maximum atomic E-state index is 3.26. The first-order valence-electron chi connectivity index (χ1n) is 2.39. The van der Waals surface area contributed by atoms with Gasteiger partial charge >= 0.3 is 0 Å². The average Bonchev–Trinajstić information content (AvgIpc) is 2.24. The fraction of sp³-hybridized carbons (Fsp3) is 1.00. The average molecular weight is 85.1 g/mol. The molecule has 0 radical (unpaired) electrons. The van der Waals surface area contributed by atoms with Crippen LogP contribution >= 0.6 is 0 Å². The molecule has 2 nitrogen and oxygen atoms in total. The SMILES string of the molecule is C[C@@H]1[C@H]2N[N+]12C. The Hall–Kier alpha value is -0.0800. The highest BCUT2D eigenvalue weighted by molar-refractivity contribution is 4.88. The van der Waals surface area contributed by atoms with Crippen molar-refractivity contribution in [2.45, 2.75) is 19.1 Å². The molecule has 0 aromatic heterocycles. The van der Waals surface area contributed by atoms with Crippen LogP contribution < -0.4 is 5.43 Å². The van der Waals surface area contributed by atoms with Crippen LogP contribution in [0, 0.1) is 0 Å².